The minimum absolute atomic E-state index is 0.0361. The Morgan fingerprint density at radius 2 is 1.87 bits per heavy atom. The van der Waals surface area contributed by atoms with E-state index in [9.17, 15) is 15.0 Å². The number of fused-ring (bicyclic) bond motifs is 1. The zero-order valence-electron chi connectivity index (χ0n) is 12.6. The van der Waals surface area contributed by atoms with Crippen LogP contribution in [0.3, 0.4) is 0 Å². The summed E-state index contributed by atoms with van der Waals surface area (Å²) in [5.41, 5.74) is -1.16. The number of hydrogen-bond acceptors (Lipinski definition) is 4. The Morgan fingerprint density at radius 1 is 1.17 bits per heavy atom. The van der Waals surface area contributed by atoms with Gasteiger partial charge in [0.15, 0.2) is 0 Å². The Kier molecular flexibility index (Phi) is 3.80. The molecule has 3 aromatic rings. The van der Waals surface area contributed by atoms with E-state index in [4.69, 9.17) is 4.42 Å². The van der Waals surface area contributed by atoms with E-state index in [0.717, 1.165) is 10.8 Å². The predicted octanol–water partition coefficient (Wildman–Crippen LogP) is 2.78. The van der Waals surface area contributed by atoms with E-state index in [2.05, 4.69) is 5.32 Å². The molecule has 23 heavy (non-hydrogen) atoms. The Bertz CT molecular complexity index is 837. The summed E-state index contributed by atoms with van der Waals surface area (Å²) in [5.74, 6) is -0.195. The van der Waals surface area contributed by atoms with Crippen molar-refractivity contribution >= 4 is 16.7 Å². The van der Waals surface area contributed by atoms with Gasteiger partial charge in [-0.2, -0.15) is 0 Å². The smallest absolute Gasteiger partial charge is 0.255 e. The molecular weight excluding hydrogens is 294 g/mol. The maximum atomic E-state index is 12.3. The molecule has 1 aromatic heterocycles. The van der Waals surface area contributed by atoms with Gasteiger partial charge in [0.2, 0.25) is 0 Å². The van der Waals surface area contributed by atoms with E-state index >= 15 is 0 Å². The van der Waals surface area contributed by atoms with Gasteiger partial charge in [-0.15, -0.1) is 0 Å². The summed E-state index contributed by atoms with van der Waals surface area (Å²) in [6.45, 7) is 1.51. The van der Waals surface area contributed by atoms with Crippen molar-refractivity contribution < 1.29 is 19.4 Å². The third-order valence-electron chi connectivity index (χ3n) is 3.75. The molecule has 2 aromatic carbocycles. The zero-order valence-corrected chi connectivity index (χ0v) is 12.6. The summed E-state index contributed by atoms with van der Waals surface area (Å²) >= 11 is 0. The summed E-state index contributed by atoms with van der Waals surface area (Å²) in [5, 5.41) is 24.7. The van der Waals surface area contributed by atoms with Crippen molar-refractivity contribution in [1.29, 1.82) is 0 Å². The SMILES string of the molecule is CC(O)(CNC(=O)c1cc2ccccc2cc1O)c1ccco1. The average molecular weight is 311 g/mol. The van der Waals surface area contributed by atoms with Crippen LogP contribution in [0.1, 0.15) is 23.0 Å². The molecule has 0 aliphatic heterocycles. The number of aromatic hydroxyl groups is 1. The quantitative estimate of drug-likeness (QED) is 0.692. The van der Waals surface area contributed by atoms with Crippen LogP contribution in [-0.4, -0.2) is 22.7 Å². The minimum Gasteiger partial charge on any atom is -0.507 e. The third kappa shape index (κ3) is 3.05. The number of carbonyl (C=O) groups is 1. The highest BCUT2D eigenvalue weighted by atomic mass is 16.4. The molecule has 1 atom stereocenters. The van der Waals surface area contributed by atoms with E-state index in [1.807, 2.05) is 24.3 Å². The fourth-order valence-electron chi connectivity index (χ4n) is 2.43. The Hall–Kier alpha value is -2.79. The zero-order chi connectivity index (χ0) is 16.4. The number of amides is 1. The number of nitrogens with one attached hydrogen (secondary N) is 1. The summed E-state index contributed by atoms with van der Waals surface area (Å²) < 4.78 is 5.17. The molecule has 5 nitrogen and oxygen atoms in total. The number of phenols is 1. The fourth-order valence-corrected chi connectivity index (χ4v) is 2.43. The van der Waals surface area contributed by atoms with Gasteiger partial charge >= 0.3 is 0 Å². The molecule has 3 rings (SSSR count). The lowest BCUT2D eigenvalue weighted by atomic mass is 10.0. The van der Waals surface area contributed by atoms with Crippen molar-refractivity contribution in [2.45, 2.75) is 12.5 Å². The average Bonchev–Trinajstić information content (AvgIpc) is 3.07. The van der Waals surface area contributed by atoms with Gasteiger partial charge in [0.25, 0.3) is 5.91 Å². The van der Waals surface area contributed by atoms with Gasteiger partial charge in [-0.05, 0) is 42.0 Å². The normalized spacial score (nSPS) is 13.7. The number of carbonyl (C=O) groups excluding carboxylic acids is 1. The number of benzene rings is 2. The summed E-state index contributed by atoms with van der Waals surface area (Å²) in [4.78, 5) is 12.3. The molecule has 0 spiro atoms. The summed E-state index contributed by atoms with van der Waals surface area (Å²) in [7, 11) is 0. The van der Waals surface area contributed by atoms with Crippen LogP contribution in [0.25, 0.3) is 10.8 Å². The molecule has 0 bridgehead atoms. The Morgan fingerprint density at radius 3 is 2.52 bits per heavy atom. The molecule has 0 fully saturated rings. The molecule has 0 aliphatic rings. The van der Waals surface area contributed by atoms with Crippen LogP contribution in [0.5, 0.6) is 5.75 Å². The standard InChI is InChI=1S/C18H17NO4/c1-18(22,16-7-4-8-23-16)11-19-17(21)14-9-12-5-2-3-6-13(12)10-15(14)20/h2-10,20,22H,11H2,1H3,(H,19,21). The second-order valence-corrected chi connectivity index (χ2v) is 5.65. The van der Waals surface area contributed by atoms with E-state index < -0.39 is 11.5 Å². The number of aliphatic hydroxyl groups is 1. The number of furan rings is 1. The summed E-state index contributed by atoms with van der Waals surface area (Å²) in [6, 6.07) is 13.9. The largest absolute Gasteiger partial charge is 0.507 e. The molecule has 0 saturated carbocycles. The van der Waals surface area contributed by atoms with Crippen LogP contribution < -0.4 is 5.32 Å². The van der Waals surface area contributed by atoms with Crippen molar-refractivity contribution in [2.24, 2.45) is 0 Å². The van der Waals surface area contributed by atoms with E-state index in [1.165, 1.54) is 6.26 Å². The molecule has 5 heteroatoms. The molecule has 1 unspecified atom stereocenters. The molecule has 1 heterocycles. The van der Waals surface area contributed by atoms with E-state index in [1.54, 1.807) is 31.2 Å². The molecular formula is C18H17NO4. The van der Waals surface area contributed by atoms with Crippen LogP contribution in [-0.2, 0) is 5.60 Å². The van der Waals surface area contributed by atoms with Gasteiger partial charge in [0.1, 0.15) is 17.1 Å². The molecule has 0 aliphatic carbocycles. The first-order valence-electron chi connectivity index (χ1n) is 7.24. The van der Waals surface area contributed by atoms with Gasteiger partial charge in [0, 0.05) is 0 Å². The van der Waals surface area contributed by atoms with Gasteiger partial charge in [-0.3, -0.25) is 4.79 Å². The lowest BCUT2D eigenvalue weighted by Crippen LogP contribution is -2.38. The molecule has 0 radical (unpaired) electrons. The third-order valence-corrected chi connectivity index (χ3v) is 3.75. The second-order valence-electron chi connectivity index (χ2n) is 5.65. The highest BCUT2D eigenvalue weighted by molar-refractivity contribution is 6.01. The van der Waals surface area contributed by atoms with Crippen molar-refractivity contribution in [3.8, 4) is 5.75 Å². The minimum atomic E-state index is -1.33. The van der Waals surface area contributed by atoms with Crippen LogP contribution in [0, 0.1) is 0 Å². The predicted molar refractivity (Wildman–Crippen MR) is 86.2 cm³/mol. The van der Waals surface area contributed by atoms with Crippen molar-refractivity contribution in [3.05, 3.63) is 66.1 Å². The fraction of sp³-hybridized carbons (Fsp3) is 0.167. The number of rotatable bonds is 4. The van der Waals surface area contributed by atoms with Gasteiger partial charge in [-0.1, -0.05) is 24.3 Å². The highest BCUT2D eigenvalue weighted by Gasteiger charge is 2.27. The van der Waals surface area contributed by atoms with Gasteiger partial charge < -0.3 is 19.9 Å². The topological polar surface area (TPSA) is 82.7 Å². The lowest BCUT2D eigenvalue weighted by molar-refractivity contribution is 0.0330. The molecule has 3 N–H and O–H groups in total. The van der Waals surface area contributed by atoms with Crippen molar-refractivity contribution in [1.82, 2.24) is 5.32 Å². The highest BCUT2D eigenvalue weighted by Crippen LogP contribution is 2.25. The maximum absolute atomic E-state index is 12.3. The first kappa shape index (κ1) is 15.1. The first-order valence-corrected chi connectivity index (χ1v) is 7.24. The maximum Gasteiger partial charge on any atom is 0.255 e. The molecule has 1 amide bonds. The van der Waals surface area contributed by atoms with Crippen LogP contribution in [0.2, 0.25) is 0 Å². The van der Waals surface area contributed by atoms with Crippen LogP contribution in [0.4, 0.5) is 0 Å². The summed E-state index contributed by atoms with van der Waals surface area (Å²) in [6.07, 6.45) is 1.46. The van der Waals surface area contributed by atoms with Crippen molar-refractivity contribution in [2.75, 3.05) is 6.54 Å². The van der Waals surface area contributed by atoms with Gasteiger partial charge in [0.05, 0.1) is 18.4 Å². The van der Waals surface area contributed by atoms with E-state index in [0.29, 0.717) is 5.76 Å². The monoisotopic (exact) mass is 311 g/mol. The second kappa shape index (κ2) is 5.78. The van der Waals surface area contributed by atoms with Gasteiger partial charge in [-0.25, -0.2) is 0 Å². The van der Waals surface area contributed by atoms with Crippen LogP contribution >= 0.6 is 0 Å². The first-order chi connectivity index (χ1) is 11.0. The molecule has 118 valence electrons. The van der Waals surface area contributed by atoms with Crippen LogP contribution in [0.15, 0.2) is 59.2 Å². The van der Waals surface area contributed by atoms with Crippen molar-refractivity contribution in [3.63, 3.8) is 0 Å². The Balaban J connectivity index is 1.80. The number of phenolic OH excluding ortho intramolecular Hbond substituents is 1. The Labute approximate surface area is 133 Å². The van der Waals surface area contributed by atoms with E-state index in [-0.39, 0.29) is 17.9 Å². The molecule has 0 saturated heterocycles. The number of hydrogen-bond donors (Lipinski definition) is 3. The lowest BCUT2D eigenvalue weighted by Gasteiger charge is -2.21.